The van der Waals surface area contributed by atoms with E-state index in [1.54, 1.807) is 31.4 Å². The summed E-state index contributed by atoms with van der Waals surface area (Å²) in [5, 5.41) is 3.16. The third kappa shape index (κ3) is 3.83. The number of benzene rings is 3. The van der Waals surface area contributed by atoms with Crippen LogP contribution in [0.5, 0.6) is 11.5 Å². The first-order valence-corrected chi connectivity index (χ1v) is 10.2. The smallest absolute Gasteiger partial charge is 0.282 e. The maximum absolute atomic E-state index is 13.5. The molecule has 1 heterocycles. The van der Waals surface area contributed by atoms with Crippen LogP contribution >= 0.6 is 0 Å². The quantitative estimate of drug-likeness (QED) is 0.576. The van der Waals surface area contributed by atoms with E-state index >= 15 is 0 Å². The van der Waals surface area contributed by atoms with Crippen molar-refractivity contribution in [3.8, 4) is 11.5 Å². The van der Waals surface area contributed by atoms with Crippen molar-refractivity contribution in [2.24, 2.45) is 0 Å². The number of anilines is 2. The van der Waals surface area contributed by atoms with Crippen LogP contribution in [0.2, 0.25) is 0 Å². The largest absolute Gasteiger partial charge is 0.497 e. The molecule has 0 atom stereocenters. The summed E-state index contributed by atoms with van der Waals surface area (Å²) in [6.45, 7) is 3.89. The van der Waals surface area contributed by atoms with Crippen LogP contribution in [0.25, 0.3) is 5.57 Å². The van der Waals surface area contributed by atoms with E-state index in [1.807, 2.05) is 56.3 Å². The van der Waals surface area contributed by atoms with E-state index in [-0.39, 0.29) is 11.6 Å². The van der Waals surface area contributed by atoms with Crippen molar-refractivity contribution in [2.75, 3.05) is 24.4 Å². The van der Waals surface area contributed by atoms with Gasteiger partial charge >= 0.3 is 0 Å². The van der Waals surface area contributed by atoms with Crippen LogP contribution in [0.3, 0.4) is 0 Å². The average Bonchev–Trinajstić information content (AvgIpc) is 3.04. The molecule has 4 rings (SSSR count). The fraction of sp³-hybridized carbons (Fsp3) is 0.154. The molecular formula is C26H24N2O4. The summed E-state index contributed by atoms with van der Waals surface area (Å²) in [5.74, 6) is 0.318. The highest BCUT2D eigenvalue weighted by Gasteiger charge is 2.40. The number of ether oxygens (including phenoxy) is 2. The number of aryl methyl sites for hydroxylation is 2. The highest BCUT2D eigenvalue weighted by Crippen LogP contribution is 2.37. The minimum Gasteiger partial charge on any atom is -0.497 e. The van der Waals surface area contributed by atoms with Gasteiger partial charge in [0.15, 0.2) is 0 Å². The second kappa shape index (κ2) is 8.59. The van der Waals surface area contributed by atoms with Gasteiger partial charge in [-0.05, 0) is 49.2 Å². The lowest BCUT2D eigenvalue weighted by atomic mass is 10.0. The van der Waals surface area contributed by atoms with Crippen LogP contribution in [0.15, 0.2) is 72.4 Å². The van der Waals surface area contributed by atoms with E-state index in [2.05, 4.69) is 5.32 Å². The van der Waals surface area contributed by atoms with Crippen molar-refractivity contribution >= 4 is 28.8 Å². The molecule has 0 saturated heterocycles. The van der Waals surface area contributed by atoms with Crippen molar-refractivity contribution in [3.05, 3.63) is 89.1 Å². The summed E-state index contributed by atoms with van der Waals surface area (Å²) in [5.41, 5.74) is 4.28. The summed E-state index contributed by atoms with van der Waals surface area (Å²) >= 11 is 0. The normalized spacial score (nSPS) is 13.6. The highest BCUT2D eigenvalue weighted by atomic mass is 16.5. The van der Waals surface area contributed by atoms with Gasteiger partial charge in [0.25, 0.3) is 11.8 Å². The van der Waals surface area contributed by atoms with Crippen molar-refractivity contribution < 1.29 is 19.1 Å². The molecule has 0 bridgehead atoms. The van der Waals surface area contributed by atoms with Gasteiger partial charge in [-0.1, -0.05) is 42.0 Å². The van der Waals surface area contributed by atoms with Gasteiger partial charge in [-0.15, -0.1) is 0 Å². The number of amides is 2. The van der Waals surface area contributed by atoms with Gasteiger partial charge in [-0.3, -0.25) is 9.59 Å². The zero-order chi connectivity index (χ0) is 22.8. The molecule has 32 heavy (non-hydrogen) atoms. The van der Waals surface area contributed by atoms with E-state index < -0.39 is 5.91 Å². The molecule has 0 saturated carbocycles. The molecule has 0 spiro atoms. The number of hydrogen-bond acceptors (Lipinski definition) is 5. The minimum atomic E-state index is -0.422. The lowest BCUT2D eigenvalue weighted by Crippen LogP contribution is -2.32. The first-order valence-electron chi connectivity index (χ1n) is 10.2. The van der Waals surface area contributed by atoms with Gasteiger partial charge < -0.3 is 14.8 Å². The SMILES string of the molecule is COc1ccc(NC2=C(c3ccc(C)cc3)C(=O)N(c3cccc(C)c3)C2=O)c(OC)c1. The van der Waals surface area contributed by atoms with Crippen LogP contribution in [0, 0.1) is 13.8 Å². The number of nitrogens with one attached hydrogen (secondary N) is 1. The van der Waals surface area contributed by atoms with E-state index in [4.69, 9.17) is 9.47 Å². The number of hydrogen-bond donors (Lipinski definition) is 1. The number of carbonyl (C=O) groups is 2. The van der Waals surface area contributed by atoms with Crippen LogP contribution in [-0.4, -0.2) is 26.0 Å². The molecule has 0 fully saturated rings. The van der Waals surface area contributed by atoms with Crippen molar-refractivity contribution in [3.63, 3.8) is 0 Å². The molecule has 1 N–H and O–H groups in total. The molecule has 0 radical (unpaired) electrons. The second-order valence-corrected chi connectivity index (χ2v) is 7.59. The van der Waals surface area contributed by atoms with E-state index in [0.29, 0.717) is 34.0 Å². The van der Waals surface area contributed by atoms with Gasteiger partial charge in [0, 0.05) is 6.07 Å². The first kappa shape index (κ1) is 21.2. The fourth-order valence-corrected chi connectivity index (χ4v) is 3.67. The molecule has 162 valence electrons. The Hall–Kier alpha value is -4.06. The molecule has 6 nitrogen and oxygen atoms in total. The fourth-order valence-electron chi connectivity index (χ4n) is 3.67. The maximum atomic E-state index is 13.5. The molecule has 2 amide bonds. The summed E-state index contributed by atoms with van der Waals surface area (Å²) in [7, 11) is 3.11. The van der Waals surface area contributed by atoms with E-state index in [9.17, 15) is 9.59 Å². The van der Waals surface area contributed by atoms with Crippen molar-refractivity contribution in [1.82, 2.24) is 0 Å². The van der Waals surface area contributed by atoms with Gasteiger partial charge in [0.05, 0.1) is 31.2 Å². The number of rotatable bonds is 6. The topological polar surface area (TPSA) is 67.9 Å². The standard InChI is InChI=1S/C26H24N2O4/c1-16-8-10-18(11-9-16)23-24(27-21-13-12-20(31-3)15-22(21)32-4)26(30)28(25(23)29)19-7-5-6-17(2)14-19/h5-15,27H,1-4H3. The molecule has 1 aliphatic rings. The van der Waals surface area contributed by atoms with Crippen molar-refractivity contribution in [1.29, 1.82) is 0 Å². The minimum absolute atomic E-state index is 0.198. The Morgan fingerprint density at radius 1 is 0.781 bits per heavy atom. The Balaban J connectivity index is 1.84. The van der Waals surface area contributed by atoms with Gasteiger partial charge in [-0.25, -0.2) is 4.90 Å². The summed E-state index contributed by atoms with van der Waals surface area (Å²) < 4.78 is 10.7. The molecule has 0 aromatic heterocycles. The zero-order valence-electron chi connectivity index (χ0n) is 18.4. The van der Waals surface area contributed by atoms with Crippen molar-refractivity contribution in [2.45, 2.75) is 13.8 Å². The van der Waals surface area contributed by atoms with Gasteiger partial charge in [0.1, 0.15) is 17.2 Å². The average molecular weight is 428 g/mol. The van der Waals surface area contributed by atoms with Crippen LogP contribution in [-0.2, 0) is 9.59 Å². The van der Waals surface area contributed by atoms with Crippen LogP contribution < -0.4 is 19.7 Å². The Morgan fingerprint density at radius 2 is 1.53 bits per heavy atom. The number of methoxy groups -OCH3 is 2. The lowest BCUT2D eigenvalue weighted by molar-refractivity contribution is -0.120. The molecule has 1 aliphatic heterocycles. The molecular weight excluding hydrogens is 404 g/mol. The van der Waals surface area contributed by atoms with Crippen LogP contribution in [0.1, 0.15) is 16.7 Å². The third-order valence-electron chi connectivity index (χ3n) is 5.35. The maximum Gasteiger partial charge on any atom is 0.282 e. The Bertz CT molecular complexity index is 1230. The Labute approximate surface area is 187 Å². The van der Waals surface area contributed by atoms with Gasteiger partial charge in [-0.2, -0.15) is 0 Å². The predicted octanol–water partition coefficient (Wildman–Crippen LogP) is 4.72. The van der Waals surface area contributed by atoms with Gasteiger partial charge in [0.2, 0.25) is 0 Å². The monoisotopic (exact) mass is 428 g/mol. The molecule has 3 aromatic carbocycles. The van der Waals surface area contributed by atoms with E-state index in [0.717, 1.165) is 11.1 Å². The Kier molecular flexibility index (Phi) is 5.69. The van der Waals surface area contributed by atoms with Crippen LogP contribution in [0.4, 0.5) is 11.4 Å². The zero-order valence-corrected chi connectivity index (χ0v) is 18.4. The molecule has 6 heteroatoms. The molecule has 0 aliphatic carbocycles. The molecule has 3 aromatic rings. The Morgan fingerprint density at radius 3 is 2.19 bits per heavy atom. The number of carbonyl (C=O) groups excluding carboxylic acids is 2. The number of imide groups is 1. The molecule has 0 unspecified atom stereocenters. The summed E-state index contributed by atoms with van der Waals surface area (Å²) in [6.07, 6.45) is 0. The third-order valence-corrected chi connectivity index (χ3v) is 5.35. The lowest BCUT2D eigenvalue weighted by Gasteiger charge is -2.16. The number of nitrogens with zero attached hydrogens (tertiary/aromatic N) is 1. The van der Waals surface area contributed by atoms with E-state index in [1.165, 1.54) is 12.0 Å². The second-order valence-electron chi connectivity index (χ2n) is 7.59. The first-order chi connectivity index (χ1) is 15.4. The highest BCUT2D eigenvalue weighted by molar-refractivity contribution is 6.46. The summed E-state index contributed by atoms with van der Waals surface area (Å²) in [4.78, 5) is 28.3. The predicted molar refractivity (Wildman–Crippen MR) is 125 cm³/mol. The summed E-state index contributed by atoms with van der Waals surface area (Å²) in [6, 6.07) is 20.1.